The topological polar surface area (TPSA) is 26.0 Å². The zero-order valence-corrected chi connectivity index (χ0v) is 6.86. The Morgan fingerprint density at radius 3 is 2.30 bits per heavy atom. The van der Waals surface area contributed by atoms with E-state index >= 15 is 0 Å². The van der Waals surface area contributed by atoms with E-state index in [-0.39, 0.29) is 0 Å². The molecule has 56 valence electrons. The molecule has 2 heteroatoms. The predicted octanol–water partition coefficient (Wildman–Crippen LogP) is 2.38. The molecular formula is C8H13NS. The Labute approximate surface area is 65.9 Å². The van der Waals surface area contributed by atoms with Gasteiger partial charge in [0.1, 0.15) is 0 Å². The van der Waals surface area contributed by atoms with Gasteiger partial charge in [-0.1, -0.05) is 25.3 Å². The van der Waals surface area contributed by atoms with E-state index in [2.05, 4.69) is 0 Å². The Morgan fingerprint density at radius 1 is 1.40 bits per heavy atom. The lowest BCUT2D eigenvalue weighted by atomic mass is 10.5. The molecule has 1 nitrogen and oxygen atoms in total. The lowest BCUT2D eigenvalue weighted by Gasteiger charge is -1.79. The Bertz CT molecular complexity index is 153. The van der Waals surface area contributed by atoms with Crippen molar-refractivity contribution in [2.45, 2.75) is 25.8 Å². The second-order valence-corrected chi connectivity index (χ2v) is 3.38. The zero-order chi connectivity index (χ0) is 7.23. The molecule has 0 amide bonds. The van der Waals surface area contributed by atoms with Gasteiger partial charge in [0.05, 0.1) is 0 Å². The monoisotopic (exact) mass is 155 g/mol. The van der Waals surface area contributed by atoms with Crippen molar-refractivity contribution in [3.05, 3.63) is 22.4 Å². The van der Waals surface area contributed by atoms with E-state index in [0.29, 0.717) is 6.54 Å². The minimum absolute atomic E-state index is 0.678. The molecule has 2 rings (SSSR count). The van der Waals surface area contributed by atoms with Gasteiger partial charge in [0.25, 0.3) is 0 Å². The summed E-state index contributed by atoms with van der Waals surface area (Å²) in [4.78, 5) is 1.25. The molecule has 0 atom stereocenters. The third kappa shape index (κ3) is 3.64. The third-order valence-corrected chi connectivity index (χ3v) is 2.03. The van der Waals surface area contributed by atoms with Crippen LogP contribution in [0.2, 0.25) is 0 Å². The van der Waals surface area contributed by atoms with Crippen LogP contribution in [0, 0.1) is 0 Å². The Hall–Kier alpha value is -0.340. The first-order valence-electron chi connectivity index (χ1n) is 3.66. The quantitative estimate of drug-likeness (QED) is 0.662. The standard InChI is InChI=1S/C5H7NS.C3H6/c6-4-5-2-1-3-7-5;1-2-3-1/h1-3H,4,6H2;1-3H2. The maximum atomic E-state index is 5.30. The van der Waals surface area contributed by atoms with Crippen LogP contribution in [0.3, 0.4) is 0 Å². The molecule has 0 bridgehead atoms. The second-order valence-electron chi connectivity index (χ2n) is 2.34. The van der Waals surface area contributed by atoms with E-state index in [0.717, 1.165) is 0 Å². The predicted molar refractivity (Wildman–Crippen MR) is 46.1 cm³/mol. The molecule has 0 unspecified atom stereocenters. The van der Waals surface area contributed by atoms with Crippen LogP contribution in [0.5, 0.6) is 0 Å². The zero-order valence-electron chi connectivity index (χ0n) is 6.05. The fourth-order valence-corrected chi connectivity index (χ4v) is 1.01. The molecule has 0 radical (unpaired) electrons. The molecule has 0 spiro atoms. The maximum Gasteiger partial charge on any atom is 0.0273 e. The number of nitrogens with two attached hydrogens (primary N) is 1. The minimum Gasteiger partial charge on any atom is -0.326 e. The average molecular weight is 155 g/mol. The van der Waals surface area contributed by atoms with Crippen molar-refractivity contribution in [1.29, 1.82) is 0 Å². The van der Waals surface area contributed by atoms with Crippen molar-refractivity contribution >= 4 is 11.3 Å². The summed E-state index contributed by atoms with van der Waals surface area (Å²) in [5.41, 5.74) is 5.30. The molecule has 1 aromatic heterocycles. The van der Waals surface area contributed by atoms with Gasteiger partial charge in [-0.2, -0.15) is 0 Å². The molecule has 0 saturated heterocycles. The van der Waals surface area contributed by atoms with Crippen LogP contribution < -0.4 is 5.73 Å². The Kier molecular flexibility index (Phi) is 3.47. The maximum absolute atomic E-state index is 5.30. The summed E-state index contributed by atoms with van der Waals surface area (Å²) < 4.78 is 0. The van der Waals surface area contributed by atoms with Gasteiger partial charge in [0, 0.05) is 11.4 Å². The minimum atomic E-state index is 0.678. The van der Waals surface area contributed by atoms with E-state index < -0.39 is 0 Å². The van der Waals surface area contributed by atoms with Gasteiger partial charge in [-0.25, -0.2) is 0 Å². The first kappa shape index (κ1) is 7.76. The lowest BCUT2D eigenvalue weighted by molar-refractivity contribution is 1.11. The Balaban J connectivity index is 0.000000138. The largest absolute Gasteiger partial charge is 0.326 e. The van der Waals surface area contributed by atoms with Crippen LogP contribution in [0.25, 0.3) is 0 Å². The molecule has 1 aliphatic rings. The van der Waals surface area contributed by atoms with Gasteiger partial charge in [0.2, 0.25) is 0 Å². The molecule has 1 saturated carbocycles. The second kappa shape index (κ2) is 4.47. The molecule has 1 heterocycles. The fourth-order valence-electron chi connectivity index (χ4n) is 0.429. The molecule has 1 aromatic rings. The highest BCUT2D eigenvalue weighted by molar-refractivity contribution is 7.09. The number of thiophene rings is 1. The van der Waals surface area contributed by atoms with Gasteiger partial charge >= 0.3 is 0 Å². The van der Waals surface area contributed by atoms with Crippen molar-refractivity contribution in [2.75, 3.05) is 0 Å². The van der Waals surface area contributed by atoms with Crippen LogP contribution in [0.15, 0.2) is 17.5 Å². The Morgan fingerprint density at radius 2 is 2.10 bits per heavy atom. The van der Waals surface area contributed by atoms with Crippen LogP contribution in [-0.4, -0.2) is 0 Å². The molecule has 1 aliphatic carbocycles. The summed E-state index contributed by atoms with van der Waals surface area (Å²) >= 11 is 1.70. The number of hydrogen-bond donors (Lipinski definition) is 1. The summed E-state index contributed by atoms with van der Waals surface area (Å²) in [5, 5.41) is 2.03. The highest BCUT2D eigenvalue weighted by Crippen LogP contribution is 2.14. The average Bonchev–Trinajstić information content (AvgIpc) is 2.75. The van der Waals surface area contributed by atoms with Crippen molar-refractivity contribution in [1.82, 2.24) is 0 Å². The highest BCUT2D eigenvalue weighted by Gasteiger charge is 1.95. The summed E-state index contributed by atoms with van der Waals surface area (Å²) in [5.74, 6) is 0. The van der Waals surface area contributed by atoms with Crippen molar-refractivity contribution in [3.63, 3.8) is 0 Å². The summed E-state index contributed by atoms with van der Waals surface area (Å²) in [6, 6.07) is 4.04. The fraction of sp³-hybridized carbons (Fsp3) is 0.500. The molecular weight excluding hydrogens is 142 g/mol. The number of hydrogen-bond acceptors (Lipinski definition) is 2. The van der Waals surface area contributed by atoms with Gasteiger partial charge in [-0.15, -0.1) is 11.3 Å². The molecule has 2 N–H and O–H groups in total. The van der Waals surface area contributed by atoms with E-state index in [1.54, 1.807) is 11.3 Å². The van der Waals surface area contributed by atoms with Gasteiger partial charge in [0.15, 0.2) is 0 Å². The van der Waals surface area contributed by atoms with Crippen LogP contribution >= 0.6 is 11.3 Å². The van der Waals surface area contributed by atoms with E-state index in [1.807, 2.05) is 17.5 Å². The van der Waals surface area contributed by atoms with Crippen LogP contribution in [0.1, 0.15) is 24.1 Å². The molecule has 10 heavy (non-hydrogen) atoms. The molecule has 1 fully saturated rings. The summed E-state index contributed by atoms with van der Waals surface area (Å²) in [7, 11) is 0. The van der Waals surface area contributed by atoms with E-state index in [9.17, 15) is 0 Å². The summed E-state index contributed by atoms with van der Waals surface area (Å²) in [6.07, 6.45) is 4.50. The first-order valence-corrected chi connectivity index (χ1v) is 4.54. The smallest absolute Gasteiger partial charge is 0.0273 e. The van der Waals surface area contributed by atoms with Gasteiger partial charge < -0.3 is 5.73 Å². The van der Waals surface area contributed by atoms with E-state index in [4.69, 9.17) is 5.73 Å². The van der Waals surface area contributed by atoms with E-state index in [1.165, 1.54) is 24.1 Å². The van der Waals surface area contributed by atoms with Crippen molar-refractivity contribution < 1.29 is 0 Å². The van der Waals surface area contributed by atoms with Crippen molar-refractivity contribution in [2.24, 2.45) is 5.73 Å². The van der Waals surface area contributed by atoms with Gasteiger partial charge in [-0.3, -0.25) is 0 Å². The van der Waals surface area contributed by atoms with Crippen LogP contribution in [0.4, 0.5) is 0 Å². The SMILES string of the molecule is C1CC1.NCc1cccs1. The normalized spacial score (nSPS) is 13.7. The van der Waals surface area contributed by atoms with Gasteiger partial charge in [-0.05, 0) is 11.4 Å². The molecule has 0 aliphatic heterocycles. The first-order chi connectivity index (χ1) is 4.93. The molecule has 0 aromatic carbocycles. The summed E-state index contributed by atoms with van der Waals surface area (Å²) in [6.45, 7) is 0.678. The highest BCUT2D eigenvalue weighted by atomic mass is 32.1. The number of rotatable bonds is 1. The third-order valence-electron chi connectivity index (χ3n) is 1.13. The van der Waals surface area contributed by atoms with Crippen LogP contribution in [-0.2, 0) is 6.54 Å². The van der Waals surface area contributed by atoms with Crippen molar-refractivity contribution in [3.8, 4) is 0 Å². The lowest BCUT2D eigenvalue weighted by Crippen LogP contribution is -1.90.